The molecule has 0 aliphatic carbocycles. The van der Waals surface area contributed by atoms with E-state index in [2.05, 4.69) is 21.0 Å². The standard InChI is InChI=1S/C14H11BrN2O2/c1-17-12-5-3-2-4-9(12)11(16-17)8-13(18)10-6-7-19-14(10)15/h2-7H,8H2,1H3. The van der Waals surface area contributed by atoms with Gasteiger partial charge in [-0.05, 0) is 28.1 Å². The summed E-state index contributed by atoms with van der Waals surface area (Å²) in [6.45, 7) is 0. The average molecular weight is 319 g/mol. The zero-order valence-electron chi connectivity index (χ0n) is 10.3. The van der Waals surface area contributed by atoms with Gasteiger partial charge in [0.05, 0.1) is 29.5 Å². The number of carbonyl (C=O) groups excluding carboxylic acids is 1. The highest BCUT2D eigenvalue weighted by Gasteiger charge is 2.17. The molecule has 4 nitrogen and oxygen atoms in total. The van der Waals surface area contributed by atoms with Crippen LogP contribution in [0.5, 0.6) is 0 Å². The maximum absolute atomic E-state index is 12.2. The molecule has 0 amide bonds. The molecule has 0 radical (unpaired) electrons. The molecule has 0 bridgehead atoms. The number of carbonyl (C=O) groups is 1. The topological polar surface area (TPSA) is 48.0 Å². The summed E-state index contributed by atoms with van der Waals surface area (Å²) in [5.41, 5.74) is 2.36. The fraction of sp³-hybridized carbons (Fsp3) is 0.143. The van der Waals surface area contributed by atoms with Crippen molar-refractivity contribution in [2.75, 3.05) is 0 Å². The van der Waals surface area contributed by atoms with Crippen LogP contribution in [-0.2, 0) is 13.5 Å². The van der Waals surface area contributed by atoms with Crippen molar-refractivity contribution >= 4 is 32.6 Å². The molecule has 2 heterocycles. The van der Waals surface area contributed by atoms with Crippen LogP contribution >= 0.6 is 15.9 Å². The Labute approximate surface area is 118 Å². The van der Waals surface area contributed by atoms with Crippen molar-refractivity contribution in [2.24, 2.45) is 7.05 Å². The van der Waals surface area contributed by atoms with Crippen LogP contribution in [0.15, 0.2) is 45.7 Å². The van der Waals surface area contributed by atoms with Gasteiger partial charge in [0.15, 0.2) is 10.5 Å². The largest absolute Gasteiger partial charge is 0.457 e. The smallest absolute Gasteiger partial charge is 0.179 e. The number of Topliss-reactive ketones (excluding diaryl/α,β-unsaturated/α-hetero) is 1. The van der Waals surface area contributed by atoms with Crippen LogP contribution in [0, 0.1) is 0 Å². The van der Waals surface area contributed by atoms with E-state index in [-0.39, 0.29) is 12.2 Å². The van der Waals surface area contributed by atoms with E-state index in [1.165, 1.54) is 6.26 Å². The van der Waals surface area contributed by atoms with E-state index in [9.17, 15) is 4.79 Å². The minimum absolute atomic E-state index is 0.00974. The van der Waals surface area contributed by atoms with Crippen LogP contribution in [0.2, 0.25) is 0 Å². The average Bonchev–Trinajstić information content (AvgIpc) is 2.95. The fourth-order valence-electron chi connectivity index (χ4n) is 2.16. The van der Waals surface area contributed by atoms with Gasteiger partial charge in [-0.25, -0.2) is 0 Å². The van der Waals surface area contributed by atoms with Crippen molar-refractivity contribution < 1.29 is 9.21 Å². The van der Waals surface area contributed by atoms with Gasteiger partial charge in [0, 0.05) is 12.4 Å². The molecule has 3 rings (SSSR count). The number of aromatic nitrogens is 2. The van der Waals surface area contributed by atoms with Gasteiger partial charge in [0.25, 0.3) is 0 Å². The number of nitrogens with zero attached hydrogens (tertiary/aromatic N) is 2. The second-order valence-corrected chi connectivity index (χ2v) is 5.02. The van der Waals surface area contributed by atoms with Crippen molar-refractivity contribution in [3.8, 4) is 0 Å². The number of rotatable bonds is 3. The van der Waals surface area contributed by atoms with Gasteiger partial charge in [-0.1, -0.05) is 18.2 Å². The highest BCUT2D eigenvalue weighted by Crippen LogP contribution is 2.22. The summed E-state index contributed by atoms with van der Waals surface area (Å²) in [6.07, 6.45) is 1.76. The SMILES string of the molecule is Cn1nc(CC(=O)c2ccoc2Br)c2ccccc21. The molecule has 0 saturated carbocycles. The third kappa shape index (κ3) is 2.10. The molecule has 0 unspecified atom stereocenters. The third-order valence-electron chi connectivity index (χ3n) is 3.08. The molecule has 1 aromatic carbocycles. The fourth-order valence-corrected chi connectivity index (χ4v) is 2.62. The molecule has 0 N–H and O–H groups in total. The molecule has 3 aromatic rings. The summed E-state index contributed by atoms with van der Waals surface area (Å²) < 4.78 is 7.35. The Bertz CT molecular complexity index is 758. The Morgan fingerprint density at radius 1 is 1.37 bits per heavy atom. The first-order valence-electron chi connectivity index (χ1n) is 5.83. The van der Waals surface area contributed by atoms with Gasteiger partial charge >= 0.3 is 0 Å². The van der Waals surface area contributed by atoms with Crippen LogP contribution in [-0.4, -0.2) is 15.6 Å². The van der Waals surface area contributed by atoms with Crippen molar-refractivity contribution in [1.29, 1.82) is 0 Å². The molecule has 96 valence electrons. The van der Waals surface area contributed by atoms with E-state index >= 15 is 0 Å². The quantitative estimate of drug-likeness (QED) is 0.696. The maximum atomic E-state index is 12.2. The Morgan fingerprint density at radius 3 is 2.89 bits per heavy atom. The van der Waals surface area contributed by atoms with Gasteiger partial charge in [-0.3, -0.25) is 9.48 Å². The molecular weight excluding hydrogens is 308 g/mol. The summed E-state index contributed by atoms with van der Waals surface area (Å²) in [6, 6.07) is 9.55. The normalized spacial score (nSPS) is 11.1. The summed E-state index contributed by atoms with van der Waals surface area (Å²) in [7, 11) is 1.88. The van der Waals surface area contributed by atoms with Gasteiger partial charge in [-0.2, -0.15) is 5.10 Å². The number of fused-ring (bicyclic) bond motifs is 1. The zero-order chi connectivity index (χ0) is 13.4. The first-order valence-corrected chi connectivity index (χ1v) is 6.63. The first-order chi connectivity index (χ1) is 9.16. The highest BCUT2D eigenvalue weighted by molar-refractivity contribution is 9.10. The molecule has 0 saturated heterocycles. The van der Waals surface area contributed by atoms with Crippen LogP contribution in [0.3, 0.4) is 0 Å². The number of aryl methyl sites for hydroxylation is 1. The van der Waals surface area contributed by atoms with E-state index in [4.69, 9.17) is 4.42 Å². The van der Waals surface area contributed by atoms with Gasteiger partial charge in [0.1, 0.15) is 0 Å². The molecular formula is C14H11BrN2O2. The second kappa shape index (κ2) is 4.66. The summed E-state index contributed by atoms with van der Waals surface area (Å²) in [5.74, 6) is -0.00974. The predicted octanol–water partition coefficient (Wildman–Crippen LogP) is 3.35. The molecule has 0 spiro atoms. The molecule has 0 atom stereocenters. The van der Waals surface area contributed by atoms with E-state index in [1.54, 1.807) is 10.7 Å². The zero-order valence-corrected chi connectivity index (χ0v) is 11.8. The minimum atomic E-state index is -0.00974. The Hall–Kier alpha value is -1.88. The number of para-hydroxylation sites is 1. The van der Waals surface area contributed by atoms with Crippen LogP contribution < -0.4 is 0 Å². The Balaban J connectivity index is 1.98. The van der Waals surface area contributed by atoms with E-state index in [1.807, 2.05) is 31.3 Å². The summed E-state index contributed by atoms with van der Waals surface area (Å²) in [4.78, 5) is 12.2. The number of benzene rings is 1. The lowest BCUT2D eigenvalue weighted by Gasteiger charge is -1.96. The van der Waals surface area contributed by atoms with Crippen LogP contribution in [0.1, 0.15) is 16.1 Å². The van der Waals surface area contributed by atoms with Gasteiger partial charge in [-0.15, -0.1) is 0 Å². The molecule has 0 aliphatic heterocycles. The second-order valence-electron chi connectivity index (χ2n) is 4.30. The monoisotopic (exact) mass is 318 g/mol. The molecule has 5 heteroatoms. The van der Waals surface area contributed by atoms with Crippen molar-refractivity contribution in [1.82, 2.24) is 9.78 Å². The van der Waals surface area contributed by atoms with Gasteiger partial charge in [0.2, 0.25) is 0 Å². The first kappa shape index (κ1) is 12.2. The lowest BCUT2D eigenvalue weighted by atomic mass is 10.1. The van der Waals surface area contributed by atoms with Crippen molar-refractivity contribution in [2.45, 2.75) is 6.42 Å². The predicted molar refractivity (Wildman–Crippen MR) is 75.2 cm³/mol. The Morgan fingerprint density at radius 2 is 2.16 bits per heavy atom. The van der Waals surface area contributed by atoms with Crippen molar-refractivity contribution in [3.05, 3.63) is 52.5 Å². The summed E-state index contributed by atoms with van der Waals surface area (Å²) >= 11 is 3.22. The van der Waals surface area contributed by atoms with E-state index in [0.717, 1.165) is 16.6 Å². The van der Waals surface area contributed by atoms with Crippen LogP contribution in [0.4, 0.5) is 0 Å². The van der Waals surface area contributed by atoms with Crippen LogP contribution in [0.25, 0.3) is 10.9 Å². The van der Waals surface area contributed by atoms with E-state index < -0.39 is 0 Å². The molecule has 0 aliphatic rings. The van der Waals surface area contributed by atoms with Gasteiger partial charge < -0.3 is 4.42 Å². The van der Waals surface area contributed by atoms with E-state index in [0.29, 0.717) is 10.2 Å². The maximum Gasteiger partial charge on any atom is 0.179 e. The molecule has 0 fully saturated rings. The number of halogens is 1. The minimum Gasteiger partial charge on any atom is -0.457 e. The number of furan rings is 1. The lowest BCUT2D eigenvalue weighted by molar-refractivity contribution is 0.0990. The third-order valence-corrected chi connectivity index (χ3v) is 3.69. The summed E-state index contributed by atoms with van der Waals surface area (Å²) in [5, 5.41) is 5.43. The number of ketones is 1. The number of hydrogen-bond acceptors (Lipinski definition) is 3. The highest BCUT2D eigenvalue weighted by atomic mass is 79.9. The molecule has 19 heavy (non-hydrogen) atoms. The lowest BCUT2D eigenvalue weighted by Crippen LogP contribution is -2.04. The molecule has 2 aromatic heterocycles. The van der Waals surface area contributed by atoms with Crippen molar-refractivity contribution in [3.63, 3.8) is 0 Å². The Kier molecular flexibility index (Phi) is 2.98. The number of hydrogen-bond donors (Lipinski definition) is 0.